The van der Waals surface area contributed by atoms with Crippen LogP contribution < -0.4 is 24.8 Å². The van der Waals surface area contributed by atoms with Crippen LogP contribution in [0.25, 0.3) is 0 Å². The first-order chi connectivity index (χ1) is 15.4. The predicted octanol–water partition coefficient (Wildman–Crippen LogP) is 1.38. The third-order valence-corrected chi connectivity index (χ3v) is 5.70. The molecule has 4 heteroatoms. The third kappa shape index (κ3) is 6.82. The fourth-order valence-corrected chi connectivity index (χ4v) is 4.28. The molecule has 0 aromatic heterocycles. The molecule has 0 heterocycles. The van der Waals surface area contributed by atoms with Crippen LogP contribution in [0.5, 0.6) is 0 Å². The Bertz CT molecular complexity index is 1150. The van der Waals surface area contributed by atoms with Crippen molar-refractivity contribution in [2.45, 2.75) is 38.8 Å². The van der Waals surface area contributed by atoms with E-state index in [1.165, 1.54) is 44.5 Å². The van der Waals surface area contributed by atoms with E-state index >= 15 is 0 Å². The molecule has 0 N–H and O–H groups in total. The topological polar surface area (TPSA) is 0 Å². The van der Waals surface area contributed by atoms with Crippen LogP contribution in [0.15, 0.2) is 96.2 Å². The number of fused-ring (bicyclic) bond motifs is 6. The molecule has 0 amide bonds. The molecule has 0 bridgehead atoms. The van der Waals surface area contributed by atoms with E-state index in [1.807, 2.05) is 0 Å². The molecule has 4 aliphatic rings. The second-order valence-electron chi connectivity index (χ2n) is 8.79. The summed E-state index contributed by atoms with van der Waals surface area (Å²) in [6.07, 6.45) is 24.1. The van der Waals surface area contributed by atoms with Gasteiger partial charge < -0.3 is 24.8 Å². The van der Waals surface area contributed by atoms with Crippen LogP contribution in [0.3, 0.4) is 0 Å². The Morgan fingerprint density at radius 1 is 0.676 bits per heavy atom. The molecule has 0 spiro atoms. The van der Waals surface area contributed by atoms with E-state index in [1.54, 1.807) is 23.3 Å². The molecule has 6 rings (SSSR count). The number of hydrogen-bond acceptors (Lipinski definition) is 0. The van der Waals surface area contributed by atoms with Gasteiger partial charge in [0.25, 0.3) is 0 Å². The van der Waals surface area contributed by atoms with Crippen molar-refractivity contribution in [3.05, 3.63) is 142 Å². The van der Waals surface area contributed by atoms with Gasteiger partial charge in [-0.25, -0.2) is 0 Å². The van der Waals surface area contributed by atoms with Gasteiger partial charge in [0.2, 0.25) is 0 Å². The molecule has 0 saturated carbocycles. The Balaban J connectivity index is 0.000000198. The Morgan fingerprint density at radius 3 is 1.44 bits per heavy atom. The molecule has 34 heavy (non-hydrogen) atoms. The summed E-state index contributed by atoms with van der Waals surface area (Å²) in [6, 6.07) is 13.2. The van der Waals surface area contributed by atoms with Gasteiger partial charge >= 0.3 is 41.9 Å². The van der Waals surface area contributed by atoms with Crippen molar-refractivity contribution in [2.24, 2.45) is 0 Å². The Labute approximate surface area is 232 Å². The fraction of sp³-hybridized carbons (Fsp3) is 0.200. The molecule has 2 aromatic carbocycles. The van der Waals surface area contributed by atoms with Crippen LogP contribution in [0.2, 0.25) is 13.1 Å². The number of allylic oxidation sites excluding steroid dienone is 10. The van der Waals surface area contributed by atoms with Crippen LogP contribution in [0.1, 0.15) is 45.2 Å². The minimum atomic E-state index is 0. The summed E-state index contributed by atoms with van der Waals surface area (Å²) in [5.41, 5.74) is 10.7. The standard InChI is InChI=1S/2C14H11.C2H6Si.2ClH.Zr/c2*1-10-6-7-14-12(8-10)9-11-4-2-3-5-13(11)14;1-3-2;;;/h2*2-8,13H,1H3;1-2H3;2*1H;/q2*-1;;;;+2/p-2. The summed E-state index contributed by atoms with van der Waals surface area (Å²) in [4.78, 5) is 0. The molecule has 0 aliphatic heterocycles. The molecular weight excluding hydrogens is 551 g/mol. The van der Waals surface area contributed by atoms with Gasteiger partial charge in [0.1, 0.15) is 0 Å². The second kappa shape index (κ2) is 13.0. The maximum Gasteiger partial charge on any atom is -0.0235 e. The minimum absolute atomic E-state index is 0. The van der Waals surface area contributed by atoms with Gasteiger partial charge in [-0.05, 0) is 25.7 Å². The molecule has 2 atom stereocenters. The number of aryl methyl sites for hydroxylation is 2. The molecule has 0 nitrogen and oxygen atoms in total. The summed E-state index contributed by atoms with van der Waals surface area (Å²) in [5, 5.41) is 0. The van der Waals surface area contributed by atoms with Crippen molar-refractivity contribution >= 4 is 5.43 Å². The SMILES string of the molecule is C[Si](C)=[Zr+2].Cc1ccc2c(c1)[C-]=C1C=CC=CC12.Cc1ccc2c(c1)[C-]=C1C=CC=CC12.[Cl-].[Cl-]. The molecule has 2 unspecified atom stereocenters. The predicted molar refractivity (Wildman–Crippen MR) is 134 cm³/mol. The first-order valence-corrected chi connectivity index (χ1v) is 17.3. The maximum absolute atomic E-state index is 3.46. The zero-order chi connectivity index (χ0) is 22.7. The minimum Gasteiger partial charge on any atom is -1.00 e. The normalized spacial score (nSPS) is 18.8. The molecule has 4 aliphatic carbocycles. The fourth-order valence-electron chi connectivity index (χ4n) is 4.28. The van der Waals surface area contributed by atoms with Gasteiger partial charge in [-0.3, -0.25) is 0 Å². The van der Waals surface area contributed by atoms with Gasteiger partial charge in [0.15, 0.2) is 0 Å². The van der Waals surface area contributed by atoms with Gasteiger partial charge in [-0.15, -0.1) is 94.1 Å². The van der Waals surface area contributed by atoms with Crippen molar-refractivity contribution < 1.29 is 48.1 Å². The average molecular weight is 579 g/mol. The van der Waals surface area contributed by atoms with Crippen LogP contribution in [0.4, 0.5) is 0 Å². The van der Waals surface area contributed by atoms with Crippen LogP contribution in [-0.2, 0) is 23.3 Å². The maximum atomic E-state index is 3.46. The van der Waals surface area contributed by atoms with E-state index in [0.717, 1.165) is 0 Å². The third-order valence-electron chi connectivity index (χ3n) is 5.70. The van der Waals surface area contributed by atoms with Crippen LogP contribution >= 0.6 is 0 Å². The summed E-state index contributed by atoms with van der Waals surface area (Å²) in [7, 11) is 0. The number of benzene rings is 2. The molecule has 0 fully saturated rings. The van der Waals surface area contributed by atoms with Crippen LogP contribution in [0, 0.1) is 26.0 Å². The summed E-state index contributed by atoms with van der Waals surface area (Å²) in [6.45, 7) is 8.87. The van der Waals surface area contributed by atoms with E-state index in [9.17, 15) is 0 Å². The van der Waals surface area contributed by atoms with Crippen molar-refractivity contribution in [3.8, 4) is 0 Å². The number of halogens is 2. The van der Waals surface area contributed by atoms with Gasteiger partial charge in [0.05, 0.1) is 0 Å². The first-order valence-electron chi connectivity index (χ1n) is 11.1. The monoisotopic (exact) mass is 576 g/mol. The van der Waals surface area contributed by atoms with Crippen LogP contribution in [-0.4, -0.2) is 5.43 Å². The Hall–Kier alpha value is -1.44. The van der Waals surface area contributed by atoms with Gasteiger partial charge in [0, 0.05) is 0 Å². The Kier molecular flexibility index (Phi) is 11.0. The zero-order valence-electron chi connectivity index (χ0n) is 20.0. The van der Waals surface area contributed by atoms with Gasteiger partial charge in [-0.1, -0.05) is 47.6 Å². The molecular formula is C30H28Cl2SiZr-2. The summed E-state index contributed by atoms with van der Waals surface area (Å²) in [5.74, 6) is 0.909. The van der Waals surface area contributed by atoms with E-state index in [0.29, 0.717) is 11.8 Å². The Morgan fingerprint density at radius 2 is 1.06 bits per heavy atom. The zero-order valence-corrected chi connectivity index (χ0v) is 25.0. The van der Waals surface area contributed by atoms with Crippen molar-refractivity contribution in [3.63, 3.8) is 0 Å². The summed E-state index contributed by atoms with van der Waals surface area (Å²) < 4.78 is 0. The van der Waals surface area contributed by atoms with Crippen molar-refractivity contribution in [2.75, 3.05) is 0 Å². The van der Waals surface area contributed by atoms with Crippen molar-refractivity contribution in [1.29, 1.82) is 0 Å². The number of hydrogen-bond donors (Lipinski definition) is 0. The van der Waals surface area contributed by atoms with E-state index in [4.69, 9.17) is 0 Å². The summed E-state index contributed by atoms with van der Waals surface area (Å²) >= 11 is 1.74. The van der Waals surface area contributed by atoms with E-state index in [2.05, 4.69) is 124 Å². The molecule has 172 valence electrons. The number of rotatable bonds is 0. The largest absolute Gasteiger partial charge is 1.00 e. The molecule has 0 radical (unpaired) electrons. The van der Waals surface area contributed by atoms with E-state index < -0.39 is 0 Å². The smallest absolute Gasteiger partial charge is 0.0235 e. The first kappa shape index (κ1) is 28.8. The molecule has 2 aromatic rings. The van der Waals surface area contributed by atoms with E-state index in [-0.39, 0.29) is 30.2 Å². The van der Waals surface area contributed by atoms with Crippen molar-refractivity contribution in [1.82, 2.24) is 0 Å². The van der Waals surface area contributed by atoms with Gasteiger partial charge in [-0.2, -0.15) is 0 Å². The average Bonchev–Trinajstić information content (AvgIpc) is 3.30. The molecule has 0 saturated heterocycles. The quantitative estimate of drug-likeness (QED) is 0.328. The second-order valence-corrected chi connectivity index (χ2v) is 18.2.